The van der Waals surface area contributed by atoms with Gasteiger partial charge in [0, 0.05) is 22.7 Å². The number of halogens is 1. The van der Waals surface area contributed by atoms with E-state index in [9.17, 15) is 14.0 Å². The number of hydrogen-bond acceptors (Lipinski definition) is 2. The van der Waals surface area contributed by atoms with Crippen LogP contribution in [0.1, 0.15) is 29.8 Å². The SMILES string of the molecule is CC(C)[C@H](NC(=O)c1cn(Cc2ccccc2F)c2ccccc12)C(N)=O. The summed E-state index contributed by atoms with van der Waals surface area (Å²) in [5, 5.41) is 3.45. The molecule has 0 aliphatic heterocycles. The van der Waals surface area contributed by atoms with Crippen molar-refractivity contribution in [1.29, 1.82) is 0 Å². The molecule has 3 aromatic rings. The van der Waals surface area contributed by atoms with E-state index >= 15 is 0 Å². The van der Waals surface area contributed by atoms with Gasteiger partial charge in [0.1, 0.15) is 11.9 Å². The second kappa shape index (κ2) is 7.61. The number of hydrogen-bond donors (Lipinski definition) is 2. The summed E-state index contributed by atoms with van der Waals surface area (Å²) in [6.07, 6.45) is 1.69. The lowest BCUT2D eigenvalue weighted by atomic mass is 10.0. The number of carbonyl (C=O) groups excluding carboxylic acids is 2. The van der Waals surface area contributed by atoms with E-state index in [1.165, 1.54) is 6.07 Å². The van der Waals surface area contributed by atoms with Gasteiger partial charge >= 0.3 is 0 Å². The number of para-hydroxylation sites is 1. The quantitative estimate of drug-likeness (QED) is 0.702. The highest BCUT2D eigenvalue weighted by Crippen LogP contribution is 2.23. The van der Waals surface area contributed by atoms with Crippen LogP contribution in [0, 0.1) is 11.7 Å². The van der Waals surface area contributed by atoms with Gasteiger partial charge in [0.25, 0.3) is 5.91 Å². The number of nitrogens with zero attached hydrogens (tertiary/aromatic N) is 1. The Balaban J connectivity index is 1.98. The normalized spacial score (nSPS) is 12.3. The third-order valence-electron chi connectivity index (χ3n) is 4.59. The Morgan fingerprint density at radius 2 is 1.78 bits per heavy atom. The third kappa shape index (κ3) is 3.84. The summed E-state index contributed by atoms with van der Waals surface area (Å²) in [6, 6.07) is 13.2. The Morgan fingerprint density at radius 3 is 2.44 bits per heavy atom. The standard InChI is InChI=1S/C21H22FN3O2/c1-13(2)19(20(23)26)24-21(27)16-12-25(18-10-6-4-8-15(16)18)11-14-7-3-5-9-17(14)22/h3-10,12-13,19H,11H2,1-2H3,(H2,23,26)(H,24,27)/t19-/m0/s1. The number of nitrogens with one attached hydrogen (secondary N) is 1. The number of benzene rings is 2. The zero-order chi connectivity index (χ0) is 19.6. The molecule has 3 rings (SSSR count). The number of fused-ring (bicyclic) bond motifs is 1. The maximum absolute atomic E-state index is 14.0. The number of rotatable bonds is 6. The molecule has 5 nitrogen and oxygen atoms in total. The Kier molecular flexibility index (Phi) is 5.26. The second-order valence-corrected chi connectivity index (χ2v) is 6.88. The number of carbonyl (C=O) groups is 2. The maximum Gasteiger partial charge on any atom is 0.254 e. The molecule has 0 saturated heterocycles. The first-order valence-corrected chi connectivity index (χ1v) is 8.80. The minimum absolute atomic E-state index is 0.127. The largest absolute Gasteiger partial charge is 0.368 e. The smallest absolute Gasteiger partial charge is 0.254 e. The van der Waals surface area contributed by atoms with Crippen LogP contribution in [0.15, 0.2) is 54.7 Å². The summed E-state index contributed by atoms with van der Waals surface area (Å²) in [5.74, 6) is -1.38. The molecule has 1 atom stereocenters. The molecule has 2 aromatic carbocycles. The molecule has 27 heavy (non-hydrogen) atoms. The van der Waals surface area contributed by atoms with Crippen molar-refractivity contribution in [2.75, 3.05) is 0 Å². The fraction of sp³-hybridized carbons (Fsp3) is 0.238. The predicted octanol–water partition coefficient (Wildman–Crippen LogP) is 3.07. The number of nitrogens with two attached hydrogens (primary N) is 1. The molecule has 2 amide bonds. The molecule has 0 fully saturated rings. The maximum atomic E-state index is 14.0. The Hall–Kier alpha value is -3.15. The van der Waals surface area contributed by atoms with E-state index in [2.05, 4.69) is 5.32 Å². The van der Waals surface area contributed by atoms with E-state index < -0.39 is 11.9 Å². The fourth-order valence-electron chi connectivity index (χ4n) is 3.15. The van der Waals surface area contributed by atoms with Crippen molar-refractivity contribution >= 4 is 22.7 Å². The molecule has 0 spiro atoms. The summed E-state index contributed by atoms with van der Waals surface area (Å²) in [4.78, 5) is 24.4. The zero-order valence-corrected chi connectivity index (χ0v) is 15.3. The molecular formula is C21H22FN3O2. The average Bonchev–Trinajstić information content (AvgIpc) is 3.00. The van der Waals surface area contributed by atoms with Crippen molar-refractivity contribution in [1.82, 2.24) is 9.88 Å². The first kappa shape index (κ1) is 18.6. The van der Waals surface area contributed by atoms with Crippen molar-refractivity contribution in [2.45, 2.75) is 26.4 Å². The van der Waals surface area contributed by atoms with Crippen LogP contribution in [-0.4, -0.2) is 22.4 Å². The van der Waals surface area contributed by atoms with E-state index in [0.717, 1.165) is 10.9 Å². The van der Waals surface area contributed by atoms with E-state index in [1.807, 2.05) is 42.7 Å². The van der Waals surface area contributed by atoms with Crippen LogP contribution in [0.4, 0.5) is 4.39 Å². The molecule has 6 heteroatoms. The second-order valence-electron chi connectivity index (χ2n) is 6.88. The van der Waals surface area contributed by atoms with E-state index in [4.69, 9.17) is 5.73 Å². The van der Waals surface area contributed by atoms with Crippen LogP contribution < -0.4 is 11.1 Å². The summed E-state index contributed by atoms with van der Waals surface area (Å²) >= 11 is 0. The average molecular weight is 367 g/mol. The molecule has 140 valence electrons. The minimum atomic E-state index is -0.758. The number of aromatic nitrogens is 1. The topological polar surface area (TPSA) is 77.1 Å². The summed E-state index contributed by atoms with van der Waals surface area (Å²) in [5.41, 5.74) is 7.17. The van der Waals surface area contributed by atoms with Gasteiger partial charge in [-0.25, -0.2) is 4.39 Å². The first-order valence-electron chi connectivity index (χ1n) is 8.80. The lowest BCUT2D eigenvalue weighted by molar-refractivity contribution is -0.120. The molecule has 0 unspecified atom stereocenters. The fourth-order valence-corrected chi connectivity index (χ4v) is 3.15. The van der Waals surface area contributed by atoms with E-state index in [1.54, 1.807) is 24.4 Å². The molecule has 1 aromatic heterocycles. The molecule has 0 aliphatic carbocycles. The monoisotopic (exact) mass is 367 g/mol. The summed E-state index contributed by atoms with van der Waals surface area (Å²) in [6.45, 7) is 3.93. The molecule has 0 aliphatic rings. The van der Waals surface area contributed by atoms with Gasteiger partial charge in [-0.05, 0) is 18.1 Å². The van der Waals surface area contributed by atoms with Crippen LogP contribution in [0.5, 0.6) is 0 Å². The van der Waals surface area contributed by atoms with Gasteiger partial charge in [0.15, 0.2) is 0 Å². The van der Waals surface area contributed by atoms with Gasteiger partial charge in [-0.3, -0.25) is 9.59 Å². The Morgan fingerprint density at radius 1 is 1.11 bits per heavy atom. The van der Waals surface area contributed by atoms with Gasteiger partial charge in [0.05, 0.1) is 12.1 Å². The molecule has 1 heterocycles. The highest BCUT2D eigenvalue weighted by molar-refractivity contribution is 6.08. The zero-order valence-electron chi connectivity index (χ0n) is 15.3. The summed E-state index contributed by atoms with van der Waals surface area (Å²) < 4.78 is 15.9. The van der Waals surface area contributed by atoms with Crippen molar-refractivity contribution < 1.29 is 14.0 Å². The van der Waals surface area contributed by atoms with Crippen molar-refractivity contribution in [2.24, 2.45) is 11.7 Å². The predicted molar refractivity (Wildman–Crippen MR) is 103 cm³/mol. The third-order valence-corrected chi connectivity index (χ3v) is 4.59. The van der Waals surface area contributed by atoms with E-state index in [-0.39, 0.29) is 17.6 Å². The molecule has 3 N–H and O–H groups in total. The van der Waals surface area contributed by atoms with Gasteiger partial charge < -0.3 is 15.6 Å². The lowest BCUT2D eigenvalue weighted by Gasteiger charge is -2.18. The van der Waals surface area contributed by atoms with Crippen molar-refractivity contribution in [3.63, 3.8) is 0 Å². The molecule has 0 bridgehead atoms. The Labute approximate surface area is 157 Å². The Bertz CT molecular complexity index is 994. The highest BCUT2D eigenvalue weighted by Gasteiger charge is 2.24. The van der Waals surface area contributed by atoms with Crippen LogP contribution >= 0.6 is 0 Å². The molecular weight excluding hydrogens is 345 g/mol. The van der Waals surface area contributed by atoms with Crippen molar-refractivity contribution in [3.05, 3.63) is 71.7 Å². The highest BCUT2D eigenvalue weighted by atomic mass is 19.1. The molecule has 0 radical (unpaired) electrons. The minimum Gasteiger partial charge on any atom is -0.368 e. The number of primary amides is 1. The summed E-state index contributed by atoms with van der Waals surface area (Å²) in [7, 11) is 0. The van der Waals surface area contributed by atoms with Crippen LogP contribution in [0.2, 0.25) is 0 Å². The van der Waals surface area contributed by atoms with Crippen LogP contribution in [0.3, 0.4) is 0 Å². The van der Waals surface area contributed by atoms with Gasteiger partial charge in [-0.1, -0.05) is 50.2 Å². The van der Waals surface area contributed by atoms with Gasteiger partial charge in [-0.15, -0.1) is 0 Å². The number of amides is 2. The van der Waals surface area contributed by atoms with Crippen LogP contribution in [0.25, 0.3) is 10.9 Å². The van der Waals surface area contributed by atoms with Gasteiger partial charge in [0.2, 0.25) is 5.91 Å². The first-order chi connectivity index (χ1) is 12.9. The lowest BCUT2D eigenvalue weighted by Crippen LogP contribution is -2.47. The van der Waals surface area contributed by atoms with Crippen molar-refractivity contribution in [3.8, 4) is 0 Å². The van der Waals surface area contributed by atoms with E-state index in [0.29, 0.717) is 17.7 Å². The van der Waals surface area contributed by atoms with Crippen LogP contribution in [-0.2, 0) is 11.3 Å². The molecule has 0 saturated carbocycles. The van der Waals surface area contributed by atoms with Gasteiger partial charge in [-0.2, -0.15) is 0 Å².